The lowest BCUT2D eigenvalue weighted by molar-refractivity contribution is -0.132. The number of amides is 2. The van der Waals surface area contributed by atoms with E-state index in [9.17, 15) is 9.59 Å². The van der Waals surface area contributed by atoms with Gasteiger partial charge in [0.15, 0.2) is 17.6 Å². The number of hydrogen-bond donors (Lipinski definition) is 2. The van der Waals surface area contributed by atoms with Crippen LogP contribution in [-0.4, -0.2) is 37.3 Å². The van der Waals surface area contributed by atoms with Gasteiger partial charge in [0.2, 0.25) is 0 Å². The van der Waals surface area contributed by atoms with Crippen LogP contribution in [0.1, 0.15) is 55.0 Å². The lowest BCUT2D eigenvalue weighted by Crippen LogP contribution is -2.49. The van der Waals surface area contributed by atoms with Crippen molar-refractivity contribution in [1.82, 2.24) is 10.7 Å². The van der Waals surface area contributed by atoms with Crippen molar-refractivity contribution in [3.8, 4) is 17.2 Å². The molecule has 0 fully saturated rings. The average molecular weight is 629 g/mol. The van der Waals surface area contributed by atoms with E-state index in [4.69, 9.17) is 37.4 Å². The number of rotatable bonds is 13. The molecule has 3 aromatic rings. The van der Waals surface area contributed by atoms with E-state index in [0.717, 1.165) is 5.56 Å². The molecule has 3 aromatic carbocycles. The minimum Gasteiger partial charge on any atom is -0.493 e. The normalized spacial score (nSPS) is 12.6. The third kappa shape index (κ3) is 9.90. The fourth-order valence-corrected chi connectivity index (χ4v) is 4.98. The molecule has 0 unspecified atom stereocenters. The summed E-state index contributed by atoms with van der Waals surface area (Å²) in [7, 11) is 1.57. The van der Waals surface area contributed by atoms with Crippen molar-refractivity contribution in [1.29, 1.82) is 0 Å². The number of aryl methyl sites for hydroxylation is 3. The Labute approximate surface area is 263 Å². The smallest absolute Gasteiger partial charge is 0.262 e. The molecule has 0 saturated heterocycles. The van der Waals surface area contributed by atoms with Crippen LogP contribution < -0.4 is 25.0 Å². The molecule has 230 valence electrons. The Kier molecular flexibility index (Phi) is 12.3. The highest BCUT2D eigenvalue weighted by atomic mass is 35.5. The number of hydrogen-bond acceptors (Lipinski definition) is 6. The molecule has 3 rings (SSSR count). The summed E-state index contributed by atoms with van der Waals surface area (Å²) in [5.74, 6) is 0.663. The molecular weight excluding hydrogens is 589 g/mol. The van der Waals surface area contributed by atoms with Crippen LogP contribution in [0.3, 0.4) is 0 Å². The average Bonchev–Trinajstić information content (AvgIpc) is 2.93. The summed E-state index contributed by atoms with van der Waals surface area (Å²) in [5.41, 5.74) is 7.93. The van der Waals surface area contributed by atoms with E-state index in [0.29, 0.717) is 40.9 Å². The van der Waals surface area contributed by atoms with Gasteiger partial charge in [-0.05, 0) is 98.7 Å². The summed E-state index contributed by atoms with van der Waals surface area (Å²) in [6.07, 6.45) is 0.999. The van der Waals surface area contributed by atoms with Crippen LogP contribution in [-0.2, 0) is 16.2 Å². The predicted octanol–water partition coefficient (Wildman–Crippen LogP) is 6.95. The number of carbonyl (C=O) groups excluding carboxylic acids is 2. The van der Waals surface area contributed by atoms with Crippen molar-refractivity contribution in [2.24, 2.45) is 11.0 Å². The van der Waals surface area contributed by atoms with Gasteiger partial charge in [-0.15, -0.1) is 0 Å². The number of methoxy groups -OCH3 is 1. The number of carbonyl (C=O) groups is 2. The minimum atomic E-state index is -0.906. The van der Waals surface area contributed by atoms with Gasteiger partial charge in [-0.2, -0.15) is 5.10 Å². The zero-order chi connectivity index (χ0) is 31.7. The molecule has 0 bridgehead atoms. The largest absolute Gasteiger partial charge is 0.493 e. The quantitative estimate of drug-likeness (QED) is 0.158. The van der Waals surface area contributed by atoms with Crippen LogP contribution in [0.25, 0.3) is 0 Å². The molecule has 0 aliphatic carbocycles. The number of halogens is 2. The Morgan fingerprint density at radius 1 is 0.907 bits per heavy atom. The first-order valence-corrected chi connectivity index (χ1v) is 14.8. The standard InChI is InChI=1S/C33H39Cl2N3O5/c1-19(2)12-28(37-32(39)23(6)43-29-11-9-25(34)16-27(29)35)33(40)38-36-17-24-8-10-30(31(15-24)41-7)42-18-26-21(4)13-20(3)14-22(26)5/h8-11,13-17,19,23,28H,12,18H2,1-7H3,(H,37,39)(H,38,40)/b36-17-/t23-,28+/m1/s1. The minimum absolute atomic E-state index is 0.131. The summed E-state index contributed by atoms with van der Waals surface area (Å²) in [6, 6.07) is 13.6. The fraction of sp³-hybridized carbons (Fsp3) is 0.364. The van der Waals surface area contributed by atoms with E-state index in [2.05, 4.69) is 48.7 Å². The van der Waals surface area contributed by atoms with Gasteiger partial charge in [0.05, 0.1) is 18.3 Å². The Bertz CT molecular complexity index is 1450. The molecule has 10 heteroatoms. The van der Waals surface area contributed by atoms with E-state index in [1.54, 1.807) is 38.3 Å². The monoisotopic (exact) mass is 627 g/mol. The Balaban J connectivity index is 1.62. The molecule has 0 radical (unpaired) electrons. The molecule has 43 heavy (non-hydrogen) atoms. The Hall–Kier alpha value is -3.75. The fourth-order valence-electron chi connectivity index (χ4n) is 4.53. The molecule has 0 saturated carbocycles. The lowest BCUT2D eigenvalue weighted by Gasteiger charge is -2.22. The maximum absolute atomic E-state index is 13.0. The highest BCUT2D eigenvalue weighted by Crippen LogP contribution is 2.30. The van der Waals surface area contributed by atoms with Crippen LogP contribution in [0.4, 0.5) is 0 Å². The summed E-state index contributed by atoms with van der Waals surface area (Å²) >= 11 is 12.1. The van der Waals surface area contributed by atoms with Crippen LogP contribution >= 0.6 is 23.2 Å². The molecular formula is C33H39Cl2N3O5. The molecule has 0 spiro atoms. The van der Waals surface area contributed by atoms with Gasteiger partial charge < -0.3 is 19.5 Å². The van der Waals surface area contributed by atoms with Gasteiger partial charge in [0.1, 0.15) is 18.4 Å². The highest BCUT2D eigenvalue weighted by molar-refractivity contribution is 6.35. The molecule has 0 aliphatic heterocycles. The topological polar surface area (TPSA) is 98.2 Å². The number of ether oxygens (including phenoxy) is 3. The molecule has 2 amide bonds. The first-order valence-electron chi connectivity index (χ1n) is 14.0. The predicted molar refractivity (Wildman–Crippen MR) is 172 cm³/mol. The summed E-state index contributed by atoms with van der Waals surface area (Å²) < 4.78 is 17.3. The summed E-state index contributed by atoms with van der Waals surface area (Å²) in [4.78, 5) is 25.9. The van der Waals surface area contributed by atoms with Crippen LogP contribution in [0.2, 0.25) is 10.0 Å². The Morgan fingerprint density at radius 3 is 2.21 bits per heavy atom. The number of hydrazone groups is 1. The second-order valence-corrected chi connectivity index (χ2v) is 11.7. The first-order chi connectivity index (χ1) is 20.4. The zero-order valence-corrected chi connectivity index (χ0v) is 27.1. The maximum Gasteiger partial charge on any atom is 0.262 e. The third-order valence-corrected chi connectivity index (χ3v) is 7.23. The van der Waals surface area contributed by atoms with Gasteiger partial charge in [0.25, 0.3) is 11.8 Å². The zero-order valence-electron chi connectivity index (χ0n) is 25.6. The van der Waals surface area contributed by atoms with Gasteiger partial charge in [0, 0.05) is 5.02 Å². The molecule has 8 nitrogen and oxygen atoms in total. The van der Waals surface area contributed by atoms with Crippen LogP contribution in [0, 0.1) is 26.7 Å². The van der Waals surface area contributed by atoms with Crippen molar-refractivity contribution in [2.45, 2.75) is 66.7 Å². The first kappa shape index (κ1) is 33.7. The molecule has 2 N–H and O–H groups in total. The van der Waals surface area contributed by atoms with Crippen molar-refractivity contribution in [3.63, 3.8) is 0 Å². The van der Waals surface area contributed by atoms with Crippen molar-refractivity contribution >= 4 is 41.2 Å². The van der Waals surface area contributed by atoms with E-state index < -0.39 is 24.0 Å². The number of nitrogens with one attached hydrogen (secondary N) is 2. The lowest BCUT2D eigenvalue weighted by atomic mass is 10.0. The van der Waals surface area contributed by atoms with Crippen molar-refractivity contribution in [3.05, 3.63) is 86.4 Å². The van der Waals surface area contributed by atoms with Gasteiger partial charge in [-0.3, -0.25) is 9.59 Å². The van der Waals surface area contributed by atoms with Crippen molar-refractivity contribution < 1.29 is 23.8 Å². The highest BCUT2D eigenvalue weighted by Gasteiger charge is 2.25. The molecule has 0 aliphatic rings. The molecule has 0 aromatic heterocycles. The summed E-state index contributed by atoms with van der Waals surface area (Å²) in [6.45, 7) is 12.1. The van der Waals surface area contributed by atoms with Crippen LogP contribution in [0.5, 0.6) is 17.2 Å². The molecule has 0 heterocycles. The van der Waals surface area contributed by atoms with Gasteiger partial charge in [-0.25, -0.2) is 5.43 Å². The van der Waals surface area contributed by atoms with Gasteiger partial charge in [-0.1, -0.05) is 54.7 Å². The molecule has 2 atom stereocenters. The number of nitrogens with zero attached hydrogens (tertiary/aromatic N) is 1. The van der Waals surface area contributed by atoms with Gasteiger partial charge >= 0.3 is 0 Å². The second-order valence-electron chi connectivity index (χ2n) is 10.8. The SMILES string of the molecule is COc1cc(/C=N\NC(=O)[C@H](CC(C)C)NC(=O)[C@@H](C)Oc2ccc(Cl)cc2Cl)ccc1OCc1c(C)cc(C)cc1C. The second kappa shape index (κ2) is 15.6. The summed E-state index contributed by atoms with van der Waals surface area (Å²) in [5, 5.41) is 7.60. The van der Waals surface area contributed by atoms with Crippen molar-refractivity contribution in [2.75, 3.05) is 7.11 Å². The van der Waals surface area contributed by atoms with E-state index in [1.807, 2.05) is 19.9 Å². The third-order valence-electron chi connectivity index (χ3n) is 6.70. The van der Waals surface area contributed by atoms with E-state index in [1.165, 1.54) is 29.0 Å². The van der Waals surface area contributed by atoms with E-state index in [-0.39, 0.29) is 10.9 Å². The maximum atomic E-state index is 13.0. The number of benzene rings is 3. The van der Waals surface area contributed by atoms with Crippen LogP contribution in [0.15, 0.2) is 53.6 Å². The van der Waals surface area contributed by atoms with E-state index >= 15 is 0 Å². The Morgan fingerprint density at radius 2 is 1.58 bits per heavy atom.